The fourth-order valence-electron chi connectivity index (χ4n) is 7.81. The number of fused-ring (bicyclic) bond motifs is 4. The van der Waals surface area contributed by atoms with Crippen LogP contribution in [0.15, 0.2) is 133 Å². The highest BCUT2D eigenvalue weighted by Gasteiger charge is 2.32. The van der Waals surface area contributed by atoms with E-state index in [4.69, 9.17) is 0 Å². The van der Waals surface area contributed by atoms with Crippen LogP contribution in [-0.2, 0) is 0 Å². The van der Waals surface area contributed by atoms with E-state index in [0.29, 0.717) is 11.1 Å². The zero-order valence-electron chi connectivity index (χ0n) is 28.3. The quantitative estimate of drug-likeness (QED) is 0.0508. The second kappa shape index (κ2) is 12.0. The van der Waals surface area contributed by atoms with Crippen LogP contribution in [0.25, 0.3) is 87.6 Å². The monoisotopic (exact) mass is 710 g/mol. The average molecular weight is 711 g/mol. The molecule has 0 aliphatic rings. The molecule has 0 atom stereocenters. The van der Waals surface area contributed by atoms with Crippen LogP contribution in [0.4, 0.5) is 0 Å². The van der Waals surface area contributed by atoms with Gasteiger partial charge in [0.25, 0.3) is 0 Å². The summed E-state index contributed by atoms with van der Waals surface area (Å²) in [5, 5.41) is 93.6. The van der Waals surface area contributed by atoms with Gasteiger partial charge in [0, 0.05) is 32.7 Å². The molecule has 8 heteroatoms. The zero-order chi connectivity index (χ0) is 37.4. The average Bonchev–Trinajstić information content (AvgIpc) is 3.22. The maximum Gasteiger partial charge on any atom is 0.204 e. The molecule has 0 aromatic heterocycles. The van der Waals surface area contributed by atoms with Gasteiger partial charge < -0.3 is 40.9 Å². The highest BCUT2D eigenvalue weighted by molar-refractivity contribution is 6.29. The standard InChI is InChI=1S/C46H30O8/c47-39-35-33(26-20-18-25(19-21-26)31-16-6-10-23-8-1-3-14-29(23)31)36-38(42(50)46(54)44(52)40(36)48)34(37(35)41(49)45(53)43(39)51)28-13-5-12-27(22-28)32-17-7-11-24-9-2-4-15-30(24)32/h1-22,47-54H. The molecule has 9 aromatic carbocycles. The van der Waals surface area contributed by atoms with Gasteiger partial charge in [-0.15, -0.1) is 0 Å². The van der Waals surface area contributed by atoms with Crippen LogP contribution in [0.5, 0.6) is 46.0 Å². The number of hydrogen-bond donors (Lipinski definition) is 8. The predicted molar refractivity (Wildman–Crippen MR) is 212 cm³/mol. The molecule has 9 aromatic rings. The number of hydrogen-bond acceptors (Lipinski definition) is 8. The summed E-state index contributed by atoms with van der Waals surface area (Å²) in [6, 6.07) is 41.7. The van der Waals surface area contributed by atoms with Crippen molar-refractivity contribution in [2.75, 3.05) is 0 Å². The summed E-state index contributed by atoms with van der Waals surface area (Å²) in [6.07, 6.45) is 0. The molecule has 0 aliphatic carbocycles. The summed E-state index contributed by atoms with van der Waals surface area (Å²) < 4.78 is 0. The Morgan fingerprint density at radius 2 is 0.611 bits per heavy atom. The van der Waals surface area contributed by atoms with Gasteiger partial charge in [0.2, 0.25) is 23.0 Å². The second-order valence-corrected chi connectivity index (χ2v) is 13.3. The van der Waals surface area contributed by atoms with E-state index in [1.807, 2.05) is 103 Å². The van der Waals surface area contributed by atoms with Crippen molar-refractivity contribution in [1.82, 2.24) is 0 Å². The summed E-state index contributed by atoms with van der Waals surface area (Å²) in [5.41, 5.74) is 4.04. The molecule has 0 unspecified atom stereocenters. The van der Waals surface area contributed by atoms with Gasteiger partial charge in [-0.25, -0.2) is 0 Å². The highest BCUT2D eigenvalue weighted by Crippen LogP contribution is 2.62. The maximum atomic E-state index is 11.7. The van der Waals surface area contributed by atoms with E-state index >= 15 is 0 Å². The van der Waals surface area contributed by atoms with Crippen LogP contribution in [0.2, 0.25) is 0 Å². The van der Waals surface area contributed by atoms with Crippen molar-refractivity contribution < 1.29 is 40.9 Å². The van der Waals surface area contributed by atoms with E-state index in [9.17, 15) is 40.9 Å². The molecule has 0 heterocycles. The molecule has 0 bridgehead atoms. The Bertz CT molecular complexity index is 2930. The van der Waals surface area contributed by atoms with Gasteiger partial charge in [-0.1, -0.05) is 127 Å². The van der Waals surface area contributed by atoms with Gasteiger partial charge in [0.1, 0.15) is 0 Å². The molecule has 8 nitrogen and oxygen atoms in total. The third-order valence-electron chi connectivity index (χ3n) is 10.3. The van der Waals surface area contributed by atoms with Crippen LogP contribution in [0.3, 0.4) is 0 Å². The molecular formula is C46H30O8. The molecule has 0 saturated heterocycles. The lowest BCUT2D eigenvalue weighted by atomic mass is 9.83. The predicted octanol–water partition coefficient (Wildman–Crippen LogP) is 10.6. The van der Waals surface area contributed by atoms with Gasteiger partial charge in [0.15, 0.2) is 23.0 Å². The van der Waals surface area contributed by atoms with Crippen molar-refractivity contribution in [3.05, 3.63) is 133 Å². The van der Waals surface area contributed by atoms with Gasteiger partial charge in [0.05, 0.1) is 0 Å². The maximum absolute atomic E-state index is 11.7. The van der Waals surface area contributed by atoms with Crippen molar-refractivity contribution in [1.29, 1.82) is 0 Å². The fraction of sp³-hybridized carbons (Fsp3) is 0. The molecule has 54 heavy (non-hydrogen) atoms. The lowest BCUT2D eigenvalue weighted by Crippen LogP contribution is -1.95. The Morgan fingerprint density at radius 1 is 0.259 bits per heavy atom. The Balaban J connectivity index is 1.40. The molecule has 0 fully saturated rings. The number of benzene rings is 9. The van der Waals surface area contributed by atoms with E-state index in [1.165, 1.54) is 0 Å². The third-order valence-corrected chi connectivity index (χ3v) is 10.3. The minimum absolute atomic E-state index is 0.00960. The molecule has 0 aliphatic heterocycles. The first kappa shape index (κ1) is 32.3. The smallest absolute Gasteiger partial charge is 0.204 e. The van der Waals surface area contributed by atoms with E-state index < -0.39 is 46.0 Å². The summed E-state index contributed by atoms with van der Waals surface area (Å²) in [5.74, 6) is -7.38. The van der Waals surface area contributed by atoms with Crippen molar-refractivity contribution in [2.45, 2.75) is 0 Å². The van der Waals surface area contributed by atoms with Crippen molar-refractivity contribution in [3.63, 3.8) is 0 Å². The van der Waals surface area contributed by atoms with Crippen LogP contribution < -0.4 is 0 Å². The van der Waals surface area contributed by atoms with Crippen molar-refractivity contribution in [3.8, 4) is 90.5 Å². The Labute approximate surface area is 307 Å². The summed E-state index contributed by atoms with van der Waals surface area (Å²) in [4.78, 5) is 0. The summed E-state index contributed by atoms with van der Waals surface area (Å²) in [7, 11) is 0. The molecule has 0 radical (unpaired) electrons. The first-order valence-corrected chi connectivity index (χ1v) is 17.1. The van der Waals surface area contributed by atoms with E-state index in [0.717, 1.165) is 43.8 Å². The minimum Gasteiger partial charge on any atom is -0.504 e. The zero-order valence-corrected chi connectivity index (χ0v) is 28.3. The van der Waals surface area contributed by atoms with E-state index in [-0.39, 0.29) is 32.7 Å². The fourth-order valence-corrected chi connectivity index (χ4v) is 7.81. The van der Waals surface area contributed by atoms with Gasteiger partial charge >= 0.3 is 0 Å². The molecule has 0 saturated carbocycles. The minimum atomic E-state index is -1.02. The van der Waals surface area contributed by atoms with Gasteiger partial charge in [-0.2, -0.15) is 0 Å². The lowest BCUT2D eigenvalue weighted by Gasteiger charge is -2.23. The van der Waals surface area contributed by atoms with Crippen LogP contribution >= 0.6 is 0 Å². The number of aromatic hydroxyl groups is 8. The summed E-state index contributed by atoms with van der Waals surface area (Å²) in [6.45, 7) is 0. The van der Waals surface area contributed by atoms with Crippen LogP contribution in [-0.4, -0.2) is 40.9 Å². The Kier molecular flexibility index (Phi) is 7.19. The van der Waals surface area contributed by atoms with Gasteiger partial charge in [-0.3, -0.25) is 0 Å². The SMILES string of the molecule is Oc1c(O)c(O)c2c(-c3cccc(-c4cccc5ccccc45)c3)c3c(O)c(O)c(O)c(O)c3c(-c3ccc(-c4cccc5ccccc45)cc3)c2c1O. The Hall–Kier alpha value is -7.58. The van der Waals surface area contributed by atoms with Crippen LogP contribution in [0, 0.1) is 0 Å². The lowest BCUT2D eigenvalue weighted by molar-refractivity contribution is 0.350. The molecule has 9 rings (SSSR count). The molecule has 8 N–H and O–H groups in total. The first-order chi connectivity index (χ1) is 26.2. The largest absolute Gasteiger partial charge is 0.504 e. The van der Waals surface area contributed by atoms with Crippen molar-refractivity contribution >= 4 is 43.1 Å². The molecule has 0 spiro atoms. The normalized spacial score (nSPS) is 11.6. The van der Waals surface area contributed by atoms with E-state index in [2.05, 4.69) is 0 Å². The molecular weight excluding hydrogens is 680 g/mol. The second-order valence-electron chi connectivity index (χ2n) is 13.3. The van der Waals surface area contributed by atoms with E-state index in [1.54, 1.807) is 30.3 Å². The van der Waals surface area contributed by atoms with Crippen molar-refractivity contribution in [2.24, 2.45) is 0 Å². The number of rotatable bonds is 4. The number of phenols is 8. The molecule has 262 valence electrons. The van der Waals surface area contributed by atoms with Gasteiger partial charge in [-0.05, 0) is 61.0 Å². The summed E-state index contributed by atoms with van der Waals surface area (Å²) >= 11 is 0. The highest BCUT2D eigenvalue weighted by atomic mass is 16.4. The first-order valence-electron chi connectivity index (χ1n) is 17.1. The molecule has 0 amide bonds. The third kappa shape index (κ3) is 4.63. The van der Waals surface area contributed by atoms with Crippen LogP contribution in [0.1, 0.15) is 0 Å². The Morgan fingerprint density at radius 3 is 1.09 bits per heavy atom. The number of phenolic OH excluding ortho intramolecular Hbond substituents is 8. The topological polar surface area (TPSA) is 162 Å².